The number of nitrogens with zero attached hydrogens (tertiary/aromatic N) is 1. The molecule has 2 aliphatic rings. The number of hydrogen-bond acceptors (Lipinski definition) is 9. The molecule has 3 rings (SSSR count). The van der Waals surface area contributed by atoms with Gasteiger partial charge in [0.15, 0.2) is 0 Å². The molecule has 0 bridgehead atoms. The molecule has 0 radical (unpaired) electrons. The molecule has 3 N–H and O–H groups in total. The van der Waals surface area contributed by atoms with Crippen molar-refractivity contribution in [2.45, 2.75) is 104 Å². The lowest BCUT2D eigenvalue weighted by Gasteiger charge is -2.34. The van der Waals surface area contributed by atoms with E-state index >= 15 is 0 Å². The number of fused-ring (bicyclic) bond motifs is 1. The maximum absolute atomic E-state index is 13.2. The highest BCUT2D eigenvalue weighted by atomic mass is 32.1. The van der Waals surface area contributed by atoms with Gasteiger partial charge in [-0.15, -0.1) is 11.3 Å². The zero-order valence-corrected chi connectivity index (χ0v) is 22.6. The molecule has 1 aromatic rings. The van der Waals surface area contributed by atoms with Gasteiger partial charge in [0.1, 0.15) is 11.9 Å². The Balaban J connectivity index is 1.85. The molecule has 1 aromatic heterocycles. The van der Waals surface area contributed by atoms with Crippen LogP contribution in [0.5, 0.6) is 0 Å². The molecule has 8 nitrogen and oxygen atoms in total. The Labute approximate surface area is 212 Å². The molecule has 2 aliphatic heterocycles. The van der Waals surface area contributed by atoms with Gasteiger partial charge in [-0.05, 0) is 52.3 Å². The molecule has 196 valence electrons. The van der Waals surface area contributed by atoms with Gasteiger partial charge < -0.3 is 25.0 Å². The average molecular weight is 509 g/mol. The summed E-state index contributed by atoms with van der Waals surface area (Å²) in [6.07, 6.45) is -0.00321. The van der Waals surface area contributed by atoms with Gasteiger partial charge in [0.05, 0.1) is 46.5 Å². The third-order valence-corrected chi connectivity index (χ3v) is 8.40. The van der Waals surface area contributed by atoms with Crippen LogP contribution in [0.1, 0.15) is 71.5 Å². The van der Waals surface area contributed by atoms with E-state index in [2.05, 4.69) is 10.3 Å². The Morgan fingerprint density at radius 2 is 1.94 bits per heavy atom. The molecule has 0 amide bonds. The van der Waals surface area contributed by atoms with Gasteiger partial charge in [-0.25, -0.2) is 4.98 Å². The van der Waals surface area contributed by atoms with E-state index < -0.39 is 35.6 Å². The Bertz CT molecular complexity index is 959. The number of Topliss-reactive ketones (excluding diaryl/α,β-unsaturated/α-hetero) is 1. The van der Waals surface area contributed by atoms with Crippen molar-refractivity contribution in [1.29, 1.82) is 0 Å². The van der Waals surface area contributed by atoms with Gasteiger partial charge in [0.2, 0.25) is 0 Å². The fourth-order valence-corrected chi connectivity index (χ4v) is 5.30. The maximum Gasteiger partial charge on any atom is 0.309 e. The number of rotatable bonds is 2. The van der Waals surface area contributed by atoms with Crippen molar-refractivity contribution < 1.29 is 29.3 Å². The first-order valence-electron chi connectivity index (χ1n) is 12.4. The second kappa shape index (κ2) is 10.8. The van der Waals surface area contributed by atoms with E-state index in [0.717, 1.165) is 22.7 Å². The minimum Gasteiger partial charge on any atom is -0.458 e. The predicted octanol–water partition coefficient (Wildman–Crippen LogP) is 3.04. The van der Waals surface area contributed by atoms with Crippen LogP contribution in [0.2, 0.25) is 0 Å². The summed E-state index contributed by atoms with van der Waals surface area (Å²) < 4.78 is 11.9. The van der Waals surface area contributed by atoms with Gasteiger partial charge in [0, 0.05) is 23.8 Å². The molecule has 2 saturated heterocycles. The molecule has 0 saturated carbocycles. The Kier molecular flexibility index (Phi) is 8.59. The molecule has 2 fully saturated rings. The van der Waals surface area contributed by atoms with Gasteiger partial charge in [-0.2, -0.15) is 0 Å². The third-order valence-electron chi connectivity index (χ3n) is 7.61. The largest absolute Gasteiger partial charge is 0.458 e. The number of carbonyl (C=O) groups is 2. The highest BCUT2D eigenvalue weighted by molar-refractivity contribution is 7.09. The number of thiazole rings is 1. The van der Waals surface area contributed by atoms with Crippen LogP contribution in [-0.2, 0) is 19.1 Å². The quantitative estimate of drug-likeness (QED) is 0.412. The molecule has 3 heterocycles. The number of hydrogen-bond donors (Lipinski definition) is 3. The van der Waals surface area contributed by atoms with Crippen molar-refractivity contribution in [2.24, 2.45) is 11.3 Å². The third kappa shape index (κ3) is 6.57. The van der Waals surface area contributed by atoms with Crippen LogP contribution < -0.4 is 5.32 Å². The lowest BCUT2D eigenvalue weighted by atomic mass is 9.74. The first-order valence-corrected chi connectivity index (χ1v) is 13.2. The van der Waals surface area contributed by atoms with Crippen LogP contribution in [0, 0.1) is 18.3 Å². The normalized spacial score (nSPS) is 37.5. The van der Waals surface area contributed by atoms with E-state index in [4.69, 9.17) is 9.47 Å². The fraction of sp³-hybridized carbons (Fsp3) is 0.731. The van der Waals surface area contributed by atoms with Crippen molar-refractivity contribution in [3.05, 3.63) is 21.7 Å². The highest BCUT2D eigenvalue weighted by Gasteiger charge is 2.53. The molecule has 9 heteroatoms. The summed E-state index contributed by atoms with van der Waals surface area (Å²) in [5.41, 5.74) is 0.0632. The summed E-state index contributed by atoms with van der Waals surface area (Å²) in [6, 6.07) is -0.319. The topological polar surface area (TPSA) is 121 Å². The summed E-state index contributed by atoms with van der Waals surface area (Å²) in [4.78, 5) is 30.6. The first-order chi connectivity index (χ1) is 16.2. The Morgan fingerprint density at radius 3 is 2.57 bits per heavy atom. The number of aliphatic hydroxyl groups excluding tert-OH is 2. The summed E-state index contributed by atoms with van der Waals surface area (Å²) in [6.45, 7) is 13.2. The molecule has 0 spiro atoms. The number of aromatic nitrogens is 1. The van der Waals surface area contributed by atoms with Crippen LogP contribution >= 0.6 is 11.3 Å². The van der Waals surface area contributed by atoms with Crippen LogP contribution in [0.15, 0.2) is 11.0 Å². The van der Waals surface area contributed by atoms with Crippen LogP contribution in [-0.4, -0.2) is 69.6 Å². The maximum atomic E-state index is 13.2. The van der Waals surface area contributed by atoms with Gasteiger partial charge in [-0.3, -0.25) is 9.59 Å². The Hall–Kier alpha value is -1.65. The lowest BCUT2D eigenvalue weighted by Crippen LogP contribution is -2.49. The van der Waals surface area contributed by atoms with E-state index in [-0.39, 0.29) is 30.0 Å². The van der Waals surface area contributed by atoms with Crippen molar-refractivity contribution >= 4 is 29.2 Å². The summed E-state index contributed by atoms with van der Waals surface area (Å²) in [5.74, 6) is -1.59. The second-order valence-corrected chi connectivity index (χ2v) is 12.0. The smallest absolute Gasteiger partial charge is 0.309 e. The minimum atomic E-state index is -1.25. The predicted molar refractivity (Wildman–Crippen MR) is 135 cm³/mol. The Morgan fingerprint density at radius 1 is 1.26 bits per heavy atom. The minimum absolute atomic E-state index is 0.0855. The molecule has 0 aliphatic carbocycles. The van der Waals surface area contributed by atoms with Gasteiger partial charge in [-0.1, -0.05) is 20.8 Å². The number of esters is 1. The average Bonchev–Trinajstić information content (AvgIpc) is 3.22. The number of ether oxygens (including phenoxy) is 2. The van der Waals surface area contributed by atoms with Crippen LogP contribution in [0.3, 0.4) is 0 Å². The number of aliphatic hydroxyl groups is 2. The molecule has 7 atom stereocenters. The van der Waals surface area contributed by atoms with E-state index in [9.17, 15) is 19.8 Å². The van der Waals surface area contributed by atoms with Gasteiger partial charge in [0.25, 0.3) is 0 Å². The number of cyclic esters (lactones) is 1. The van der Waals surface area contributed by atoms with E-state index in [1.807, 2.05) is 39.2 Å². The number of carbonyl (C=O) groups excluding carboxylic acids is 2. The van der Waals surface area contributed by atoms with Crippen LogP contribution in [0.25, 0.3) is 6.08 Å². The zero-order valence-electron chi connectivity index (χ0n) is 21.8. The van der Waals surface area contributed by atoms with E-state index in [0.29, 0.717) is 13.0 Å². The monoisotopic (exact) mass is 508 g/mol. The van der Waals surface area contributed by atoms with Crippen molar-refractivity contribution in [3.8, 4) is 0 Å². The number of epoxide rings is 1. The SMILES string of the molecule is CC(=Cc1csc(C)n1)[C@H]1C[C@@H]2O[C@@]2(C)CCN[C@H](C)[C@H](O)[C@H](C)C(=O)C(C)(C)[C@H](O)CC(=O)O1. The number of ketones is 1. The summed E-state index contributed by atoms with van der Waals surface area (Å²) in [5, 5.41) is 27.8. The molecule has 0 unspecified atom stereocenters. The molecular weight excluding hydrogens is 468 g/mol. The van der Waals surface area contributed by atoms with Crippen molar-refractivity contribution in [3.63, 3.8) is 0 Å². The van der Waals surface area contributed by atoms with Crippen molar-refractivity contribution in [2.75, 3.05) is 6.54 Å². The van der Waals surface area contributed by atoms with E-state index in [1.165, 1.54) is 0 Å². The van der Waals surface area contributed by atoms with Gasteiger partial charge >= 0.3 is 5.97 Å². The molecule has 0 aromatic carbocycles. The standard InChI is InChI=1S/C26H40N2O6S/c1-14(10-18-13-35-17(4)28-18)19-11-21-26(7,34-21)8-9-27-16(3)23(31)15(2)24(32)25(5,6)20(29)12-22(30)33-19/h10,13,15-16,19-21,23,27,29,31H,8-9,11-12H2,1-7H3/t15-,16+,19+,20+,21-,23+,26-/m0/s1. The number of nitrogens with one attached hydrogen (secondary N) is 1. The fourth-order valence-electron chi connectivity index (χ4n) is 4.73. The zero-order chi connectivity index (χ0) is 26.1. The summed E-state index contributed by atoms with van der Waals surface area (Å²) in [7, 11) is 0. The lowest BCUT2D eigenvalue weighted by molar-refractivity contribution is -0.154. The second-order valence-electron chi connectivity index (χ2n) is 10.9. The summed E-state index contributed by atoms with van der Waals surface area (Å²) >= 11 is 1.55. The molecular formula is C26H40N2O6S. The van der Waals surface area contributed by atoms with Crippen molar-refractivity contribution in [1.82, 2.24) is 10.3 Å². The van der Waals surface area contributed by atoms with E-state index in [1.54, 1.807) is 32.1 Å². The molecule has 35 heavy (non-hydrogen) atoms. The van der Waals surface area contributed by atoms with Crippen LogP contribution in [0.4, 0.5) is 0 Å². The highest BCUT2D eigenvalue weighted by Crippen LogP contribution is 2.43. The number of aryl methyl sites for hydroxylation is 1. The first kappa shape index (κ1) is 27.9.